The Balaban J connectivity index is 1.66. The lowest BCUT2D eigenvalue weighted by atomic mass is 9.98. The number of aliphatic hydroxyl groups is 1. The van der Waals surface area contributed by atoms with Gasteiger partial charge >= 0.3 is 12.1 Å². The molecular weight excluding hydrogens is 334 g/mol. The van der Waals surface area contributed by atoms with Crippen LogP contribution in [0.25, 0.3) is 11.1 Å². The van der Waals surface area contributed by atoms with Gasteiger partial charge in [-0.25, -0.2) is 4.79 Å². The monoisotopic (exact) mass is 355 g/mol. The molecule has 0 radical (unpaired) electrons. The lowest BCUT2D eigenvalue weighted by molar-refractivity contribution is -0.141. The number of hydrogen-bond donors (Lipinski definition) is 2. The van der Waals surface area contributed by atoms with Crippen LogP contribution in [0.4, 0.5) is 4.79 Å². The summed E-state index contributed by atoms with van der Waals surface area (Å²) in [5, 5.41) is 11.8. The quantitative estimate of drug-likeness (QED) is 0.778. The molecule has 1 amide bonds. The number of rotatable bonds is 6. The zero-order chi connectivity index (χ0) is 18.5. The van der Waals surface area contributed by atoms with E-state index in [0.717, 1.165) is 22.3 Å². The fourth-order valence-electron chi connectivity index (χ4n) is 3.25. The Labute approximate surface area is 151 Å². The van der Waals surface area contributed by atoms with E-state index in [9.17, 15) is 14.7 Å². The molecule has 6 heteroatoms. The first-order valence-corrected chi connectivity index (χ1v) is 8.43. The number of amides is 1. The molecule has 2 N–H and O–H groups in total. The number of methoxy groups -OCH3 is 1. The van der Waals surface area contributed by atoms with Gasteiger partial charge in [0.1, 0.15) is 6.61 Å². The molecule has 0 aliphatic heterocycles. The minimum absolute atomic E-state index is 0.0404. The second-order valence-corrected chi connectivity index (χ2v) is 6.13. The number of hydrogen-bond acceptors (Lipinski definition) is 5. The lowest BCUT2D eigenvalue weighted by Gasteiger charge is -2.17. The molecule has 0 spiro atoms. The maximum Gasteiger partial charge on any atom is 0.407 e. The van der Waals surface area contributed by atoms with Crippen molar-refractivity contribution < 1.29 is 24.2 Å². The number of carbonyl (C=O) groups excluding carboxylic acids is 2. The summed E-state index contributed by atoms with van der Waals surface area (Å²) in [5.41, 5.74) is 4.54. The van der Waals surface area contributed by atoms with Crippen LogP contribution in [0.2, 0.25) is 0 Å². The SMILES string of the molecule is COC(=O)CC(CO)NC(=O)OCC1c2ccccc2-c2ccccc21. The highest BCUT2D eigenvalue weighted by molar-refractivity contribution is 5.79. The van der Waals surface area contributed by atoms with Crippen LogP contribution in [0.15, 0.2) is 48.5 Å². The molecule has 1 aliphatic rings. The summed E-state index contributed by atoms with van der Waals surface area (Å²) >= 11 is 0. The summed E-state index contributed by atoms with van der Waals surface area (Å²) in [6.45, 7) is -0.199. The Morgan fingerprint density at radius 3 is 2.19 bits per heavy atom. The summed E-state index contributed by atoms with van der Waals surface area (Å²) in [6, 6.07) is 15.4. The average molecular weight is 355 g/mol. The van der Waals surface area contributed by atoms with Gasteiger partial charge in [0, 0.05) is 5.92 Å². The first kappa shape index (κ1) is 17.9. The number of aliphatic hydroxyl groups excluding tert-OH is 1. The summed E-state index contributed by atoms with van der Waals surface area (Å²) in [7, 11) is 1.25. The van der Waals surface area contributed by atoms with E-state index in [4.69, 9.17) is 4.74 Å². The van der Waals surface area contributed by atoms with E-state index in [1.807, 2.05) is 36.4 Å². The standard InChI is InChI=1S/C20H21NO5/c1-25-19(23)10-13(11-22)21-20(24)26-12-18-16-8-4-2-6-14(16)15-7-3-5-9-17(15)18/h2-9,13,18,22H,10-12H2,1H3,(H,21,24). The van der Waals surface area contributed by atoms with Crippen molar-refractivity contribution in [3.63, 3.8) is 0 Å². The lowest BCUT2D eigenvalue weighted by Crippen LogP contribution is -2.40. The van der Waals surface area contributed by atoms with Crippen molar-refractivity contribution in [2.75, 3.05) is 20.3 Å². The van der Waals surface area contributed by atoms with Crippen molar-refractivity contribution in [1.82, 2.24) is 5.32 Å². The first-order chi connectivity index (χ1) is 12.6. The molecule has 1 aliphatic carbocycles. The predicted molar refractivity (Wildman–Crippen MR) is 95.7 cm³/mol. The van der Waals surface area contributed by atoms with Crippen molar-refractivity contribution in [2.24, 2.45) is 0 Å². The largest absolute Gasteiger partial charge is 0.469 e. The van der Waals surface area contributed by atoms with Crippen LogP contribution in [0.1, 0.15) is 23.5 Å². The van der Waals surface area contributed by atoms with E-state index in [2.05, 4.69) is 22.2 Å². The number of esters is 1. The molecule has 0 saturated carbocycles. The van der Waals surface area contributed by atoms with E-state index in [-0.39, 0.29) is 25.6 Å². The fourth-order valence-corrected chi connectivity index (χ4v) is 3.25. The van der Waals surface area contributed by atoms with Crippen LogP contribution in [0, 0.1) is 0 Å². The number of alkyl carbamates (subject to hydrolysis) is 1. The Morgan fingerprint density at radius 1 is 1.08 bits per heavy atom. The molecular formula is C20H21NO5. The average Bonchev–Trinajstić information content (AvgIpc) is 2.99. The molecule has 0 saturated heterocycles. The zero-order valence-corrected chi connectivity index (χ0v) is 14.5. The highest BCUT2D eigenvalue weighted by Gasteiger charge is 2.29. The van der Waals surface area contributed by atoms with Crippen molar-refractivity contribution in [1.29, 1.82) is 0 Å². The van der Waals surface area contributed by atoms with Gasteiger partial charge in [0.05, 0.1) is 26.2 Å². The summed E-state index contributed by atoms with van der Waals surface area (Å²) in [4.78, 5) is 23.3. The molecule has 0 aromatic heterocycles. The third-order valence-corrected chi connectivity index (χ3v) is 4.53. The molecule has 1 atom stereocenters. The molecule has 6 nitrogen and oxygen atoms in total. The Bertz CT molecular complexity index is 759. The number of ether oxygens (including phenoxy) is 2. The summed E-state index contributed by atoms with van der Waals surface area (Å²) < 4.78 is 9.92. The van der Waals surface area contributed by atoms with Crippen LogP contribution in [-0.2, 0) is 14.3 Å². The van der Waals surface area contributed by atoms with E-state index in [1.54, 1.807) is 0 Å². The van der Waals surface area contributed by atoms with E-state index in [1.165, 1.54) is 7.11 Å². The summed E-state index contributed by atoms with van der Waals surface area (Å²) in [6.07, 6.45) is -0.785. The number of nitrogens with one attached hydrogen (secondary N) is 1. The van der Waals surface area contributed by atoms with Gasteiger partial charge in [0.25, 0.3) is 0 Å². The van der Waals surface area contributed by atoms with Gasteiger partial charge in [0.15, 0.2) is 0 Å². The van der Waals surface area contributed by atoms with Gasteiger partial charge in [-0.05, 0) is 22.3 Å². The molecule has 26 heavy (non-hydrogen) atoms. The molecule has 0 bridgehead atoms. The highest BCUT2D eigenvalue weighted by atomic mass is 16.5. The van der Waals surface area contributed by atoms with Gasteiger partial charge in [-0.1, -0.05) is 48.5 Å². The number of carbonyl (C=O) groups is 2. The predicted octanol–water partition coefficient (Wildman–Crippen LogP) is 2.45. The Kier molecular flexibility index (Phi) is 5.53. The normalized spacial score (nSPS) is 13.5. The van der Waals surface area contributed by atoms with Crippen LogP contribution < -0.4 is 5.32 Å². The first-order valence-electron chi connectivity index (χ1n) is 8.43. The molecule has 136 valence electrons. The van der Waals surface area contributed by atoms with E-state index < -0.39 is 18.1 Å². The molecule has 0 fully saturated rings. The second-order valence-electron chi connectivity index (χ2n) is 6.13. The van der Waals surface area contributed by atoms with Gasteiger partial charge in [-0.3, -0.25) is 4.79 Å². The Morgan fingerprint density at radius 2 is 1.65 bits per heavy atom. The fraction of sp³-hybridized carbons (Fsp3) is 0.300. The molecule has 3 rings (SSSR count). The smallest absolute Gasteiger partial charge is 0.407 e. The topological polar surface area (TPSA) is 84.9 Å². The highest BCUT2D eigenvalue weighted by Crippen LogP contribution is 2.44. The van der Waals surface area contributed by atoms with Gasteiger partial charge < -0.3 is 19.9 Å². The molecule has 2 aromatic rings. The molecule has 1 unspecified atom stereocenters. The second kappa shape index (κ2) is 8.01. The minimum Gasteiger partial charge on any atom is -0.469 e. The van der Waals surface area contributed by atoms with Gasteiger partial charge in [-0.15, -0.1) is 0 Å². The minimum atomic E-state index is -0.738. The van der Waals surface area contributed by atoms with E-state index >= 15 is 0 Å². The van der Waals surface area contributed by atoms with Crippen LogP contribution in [0.3, 0.4) is 0 Å². The Hall–Kier alpha value is -2.86. The molecule has 0 heterocycles. The van der Waals surface area contributed by atoms with Crippen molar-refractivity contribution in [3.05, 3.63) is 59.7 Å². The van der Waals surface area contributed by atoms with Crippen molar-refractivity contribution in [2.45, 2.75) is 18.4 Å². The summed E-state index contributed by atoms with van der Waals surface area (Å²) in [5.74, 6) is -0.552. The van der Waals surface area contributed by atoms with Gasteiger partial charge in [-0.2, -0.15) is 0 Å². The van der Waals surface area contributed by atoms with E-state index in [0.29, 0.717) is 0 Å². The van der Waals surface area contributed by atoms with Crippen LogP contribution in [-0.4, -0.2) is 43.5 Å². The van der Waals surface area contributed by atoms with Crippen LogP contribution in [0.5, 0.6) is 0 Å². The van der Waals surface area contributed by atoms with Crippen molar-refractivity contribution in [3.8, 4) is 11.1 Å². The number of fused-ring (bicyclic) bond motifs is 3. The third-order valence-electron chi connectivity index (χ3n) is 4.53. The zero-order valence-electron chi connectivity index (χ0n) is 14.5. The van der Waals surface area contributed by atoms with Crippen LogP contribution >= 0.6 is 0 Å². The van der Waals surface area contributed by atoms with Gasteiger partial charge in [0.2, 0.25) is 0 Å². The molecule has 2 aromatic carbocycles. The third kappa shape index (κ3) is 3.70. The maximum absolute atomic E-state index is 12.1. The maximum atomic E-state index is 12.1. The number of benzene rings is 2. The van der Waals surface area contributed by atoms with Crippen molar-refractivity contribution >= 4 is 12.1 Å².